The molecule has 2 rings (SSSR count). The molecule has 1 aromatic rings. The fourth-order valence-corrected chi connectivity index (χ4v) is 2.21. The molecule has 1 aliphatic heterocycles. The van der Waals surface area contributed by atoms with Gasteiger partial charge in [-0.3, -0.25) is 4.79 Å². The molecule has 1 atom stereocenters. The van der Waals surface area contributed by atoms with Gasteiger partial charge in [0.25, 0.3) is 0 Å². The summed E-state index contributed by atoms with van der Waals surface area (Å²) in [6.07, 6.45) is 3.68. The smallest absolute Gasteiger partial charge is 0.247 e. The van der Waals surface area contributed by atoms with Crippen molar-refractivity contribution in [1.82, 2.24) is 10.1 Å². The summed E-state index contributed by atoms with van der Waals surface area (Å²) < 4.78 is 5.08. The van der Waals surface area contributed by atoms with Gasteiger partial charge in [-0.15, -0.1) is 0 Å². The Kier molecular flexibility index (Phi) is 3.31. The third-order valence-corrected chi connectivity index (χ3v) is 2.94. The minimum Gasteiger partial charge on any atom is -0.361 e. The van der Waals surface area contributed by atoms with E-state index in [1.165, 1.54) is 0 Å². The number of nitrogens with zero attached hydrogens (tertiary/aromatic N) is 2. The van der Waals surface area contributed by atoms with Crippen LogP contribution in [0.4, 0.5) is 0 Å². The van der Waals surface area contributed by atoms with Gasteiger partial charge in [0, 0.05) is 18.7 Å². The van der Waals surface area contributed by atoms with E-state index in [0.717, 1.165) is 36.4 Å². The van der Waals surface area contributed by atoms with Crippen LogP contribution in [0.1, 0.15) is 44.2 Å². The van der Waals surface area contributed by atoms with Crippen molar-refractivity contribution >= 4 is 5.91 Å². The summed E-state index contributed by atoms with van der Waals surface area (Å²) in [5.41, 5.74) is 1.90. The second-order valence-electron chi connectivity index (χ2n) is 4.77. The first-order valence-corrected chi connectivity index (χ1v) is 5.96. The van der Waals surface area contributed by atoms with Gasteiger partial charge >= 0.3 is 0 Å². The van der Waals surface area contributed by atoms with E-state index < -0.39 is 0 Å². The van der Waals surface area contributed by atoms with Crippen molar-refractivity contribution < 1.29 is 9.32 Å². The Bertz CT molecular complexity index is 444. The highest BCUT2D eigenvalue weighted by Gasteiger charge is 2.30. The molecule has 2 heterocycles. The lowest BCUT2D eigenvalue weighted by molar-refractivity contribution is -0.127. The van der Waals surface area contributed by atoms with Crippen LogP contribution in [0.3, 0.4) is 0 Å². The SMILES string of the molecule is CC(C)=CC(=O)N1CCC[C@@H]1c1cc(C)on1. The topological polar surface area (TPSA) is 46.3 Å². The van der Waals surface area contributed by atoms with Crippen molar-refractivity contribution in [1.29, 1.82) is 0 Å². The highest BCUT2D eigenvalue weighted by molar-refractivity contribution is 5.88. The van der Waals surface area contributed by atoms with Crippen LogP contribution in [-0.4, -0.2) is 22.5 Å². The van der Waals surface area contributed by atoms with Crippen LogP contribution in [0.5, 0.6) is 0 Å². The van der Waals surface area contributed by atoms with Gasteiger partial charge in [0.05, 0.1) is 6.04 Å². The molecule has 0 aromatic carbocycles. The van der Waals surface area contributed by atoms with Crippen LogP contribution in [-0.2, 0) is 4.79 Å². The van der Waals surface area contributed by atoms with Crippen molar-refractivity contribution in [2.75, 3.05) is 6.54 Å². The molecule has 1 aliphatic rings. The molecule has 1 amide bonds. The van der Waals surface area contributed by atoms with Crippen LogP contribution >= 0.6 is 0 Å². The number of likely N-dealkylation sites (tertiary alicyclic amines) is 1. The Morgan fingerprint density at radius 1 is 1.59 bits per heavy atom. The van der Waals surface area contributed by atoms with E-state index in [4.69, 9.17) is 4.52 Å². The van der Waals surface area contributed by atoms with Gasteiger partial charge in [-0.1, -0.05) is 10.7 Å². The molecular weight excluding hydrogens is 216 g/mol. The number of rotatable bonds is 2. The van der Waals surface area contributed by atoms with Crippen molar-refractivity contribution in [3.8, 4) is 0 Å². The molecule has 1 saturated heterocycles. The molecule has 92 valence electrons. The molecule has 0 bridgehead atoms. The molecule has 0 N–H and O–H groups in total. The predicted octanol–water partition coefficient (Wildman–Crippen LogP) is 2.61. The van der Waals surface area contributed by atoms with E-state index in [0.29, 0.717) is 0 Å². The maximum absolute atomic E-state index is 12.0. The van der Waals surface area contributed by atoms with Crippen LogP contribution in [0.25, 0.3) is 0 Å². The fourth-order valence-electron chi connectivity index (χ4n) is 2.21. The second kappa shape index (κ2) is 4.73. The molecule has 1 fully saturated rings. The first kappa shape index (κ1) is 11.9. The number of hydrogen-bond donors (Lipinski definition) is 0. The number of amides is 1. The quantitative estimate of drug-likeness (QED) is 0.739. The number of aromatic nitrogens is 1. The molecule has 0 aliphatic carbocycles. The second-order valence-corrected chi connectivity index (χ2v) is 4.77. The van der Waals surface area contributed by atoms with Crippen LogP contribution in [0.15, 0.2) is 22.2 Å². The fraction of sp³-hybridized carbons (Fsp3) is 0.538. The van der Waals surface area contributed by atoms with Crippen molar-refractivity contribution in [3.05, 3.63) is 29.2 Å². The van der Waals surface area contributed by atoms with E-state index in [2.05, 4.69) is 5.16 Å². The molecule has 4 nitrogen and oxygen atoms in total. The van der Waals surface area contributed by atoms with Gasteiger partial charge in [0.2, 0.25) is 5.91 Å². The Morgan fingerprint density at radius 2 is 2.35 bits per heavy atom. The summed E-state index contributed by atoms with van der Waals surface area (Å²) in [5, 5.41) is 4.02. The van der Waals surface area contributed by atoms with E-state index in [1.54, 1.807) is 6.08 Å². The lowest BCUT2D eigenvalue weighted by atomic mass is 10.1. The molecule has 17 heavy (non-hydrogen) atoms. The zero-order valence-electron chi connectivity index (χ0n) is 10.6. The lowest BCUT2D eigenvalue weighted by Crippen LogP contribution is -2.29. The Balaban J connectivity index is 2.18. The molecule has 0 unspecified atom stereocenters. The third kappa shape index (κ3) is 2.57. The molecule has 0 saturated carbocycles. The largest absolute Gasteiger partial charge is 0.361 e. The van der Waals surface area contributed by atoms with Crippen LogP contribution in [0, 0.1) is 6.92 Å². The Labute approximate surface area is 101 Å². The van der Waals surface area contributed by atoms with Gasteiger partial charge in [-0.2, -0.15) is 0 Å². The maximum Gasteiger partial charge on any atom is 0.247 e. The summed E-state index contributed by atoms with van der Waals surface area (Å²) >= 11 is 0. The summed E-state index contributed by atoms with van der Waals surface area (Å²) in [6, 6.07) is 1.99. The number of hydrogen-bond acceptors (Lipinski definition) is 3. The average Bonchev–Trinajstić information content (AvgIpc) is 2.83. The summed E-state index contributed by atoms with van der Waals surface area (Å²) in [4.78, 5) is 13.9. The van der Waals surface area contributed by atoms with E-state index in [-0.39, 0.29) is 11.9 Å². The first-order chi connectivity index (χ1) is 8.08. The predicted molar refractivity (Wildman–Crippen MR) is 64.4 cm³/mol. The minimum absolute atomic E-state index is 0.0770. The Morgan fingerprint density at radius 3 is 2.94 bits per heavy atom. The van der Waals surface area contributed by atoms with Crippen molar-refractivity contribution in [3.63, 3.8) is 0 Å². The van der Waals surface area contributed by atoms with Gasteiger partial charge in [-0.25, -0.2) is 0 Å². The molecule has 1 aromatic heterocycles. The number of carbonyl (C=O) groups is 1. The highest BCUT2D eigenvalue weighted by atomic mass is 16.5. The van der Waals surface area contributed by atoms with Crippen molar-refractivity contribution in [2.24, 2.45) is 0 Å². The number of aryl methyl sites for hydroxylation is 1. The van der Waals surface area contributed by atoms with E-state index >= 15 is 0 Å². The van der Waals surface area contributed by atoms with E-state index in [1.807, 2.05) is 31.7 Å². The van der Waals surface area contributed by atoms with Gasteiger partial charge in [0.1, 0.15) is 11.5 Å². The number of carbonyl (C=O) groups excluding carboxylic acids is 1. The van der Waals surface area contributed by atoms with Gasteiger partial charge in [0.15, 0.2) is 0 Å². The zero-order valence-corrected chi connectivity index (χ0v) is 10.6. The maximum atomic E-state index is 12.0. The average molecular weight is 234 g/mol. The van der Waals surface area contributed by atoms with Crippen LogP contribution in [0.2, 0.25) is 0 Å². The third-order valence-electron chi connectivity index (χ3n) is 2.94. The summed E-state index contributed by atoms with van der Waals surface area (Å²) in [5.74, 6) is 0.870. The lowest BCUT2D eigenvalue weighted by Gasteiger charge is -2.21. The summed E-state index contributed by atoms with van der Waals surface area (Å²) in [7, 11) is 0. The molecular formula is C13H18N2O2. The molecule has 0 spiro atoms. The standard InChI is InChI=1S/C13H18N2O2/c1-9(2)7-13(16)15-6-4-5-12(15)11-8-10(3)17-14-11/h7-8,12H,4-6H2,1-3H3/t12-/m1/s1. The van der Waals surface area contributed by atoms with Gasteiger partial charge in [-0.05, 0) is 33.6 Å². The normalized spacial score (nSPS) is 19.5. The summed E-state index contributed by atoms with van der Waals surface area (Å²) in [6.45, 7) is 6.54. The monoisotopic (exact) mass is 234 g/mol. The van der Waals surface area contributed by atoms with Crippen molar-refractivity contribution in [2.45, 2.75) is 39.7 Å². The Hall–Kier alpha value is -1.58. The highest BCUT2D eigenvalue weighted by Crippen LogP contribution is 2.31. The van der Waals surface area contributed by atoms with Gasteiger partial charge < -0.3 is 9.42 Å². The first-order valence-electron chi connectivity index (χ1n) is 5.96. The zero-order chi connectivity index (χ0) is 12.4. The van der Waals surface area contributed by atoms with E-state index in [9.17, 15) is 4.79 Å². The number of allylic oxidation sites excluding steroid dienone is 1. The minimum atomic E-state index is 0.0770. The molecule has 0 radical (unpaired) electrons. The molecule has 4 heteroatoms. The van der Waals surface area contributed by atoms with Crippen LogP contribution < -0.4 is 0 Å².